The summed E-state index contributed by atoms with van der Waals surface area (Å²) in [7, 11) is 4.22. The zero-order valence-electron chi connectivity index (χ0n) is 6.48. The molecule has 0 aliphatic rings. The molecule has 0 heterocycles. The van der Waals surface area contributed by atoms with Crippen LogP contribution in [0.2, 0.25) is 0 Å². The number of likely N-dealkylation sites (N-methyl/N-ethyl adjacent to an activating group) is 1. The lowest BCUT2D eigenvalue weighted by Crippen LogP contribution is -3.00. The van der Waals surface area contributed by atoms with Gasteiger partial charge in [0, 0.05) is 0 Å². The molecule has 0 aliphatic heterocycles. The first-order chi connectivity index (χ1) is 4.12. The molecule has 0 fully saturated rings. The van der Waals surface area contributed by atoms with Gasteiger partial charge in [-0.15, -0.1) is 0 Å². The van der Waals surface area contributed by atoms with E-state index in [2.05, 4.69) is 30.0 Å². The van der Waals surface area contributed by atoms with Gasteiger partial charge >= 0.3 is 0 Å². The molecule has 10 heavy (non-hydrogen) atoms. The van der Waals surface area contributed by atoms with Crippen LogP contribution in [0.1, 0.15) is 0 Å². The highest BCUT2D eigenvalue weighted by molar-refractivity contribution is 9.09. The third-order valence-electron chi connectivity index (χ3n) is 1.40. The fourth-order valence-corrected chi connectivity index (χ4v) is 1.57. The smallest absolute Gasteiger partial charge is 0.102 e. The van der Waals surface area contributed by atoms with Crippen LogP contribution in [0, 0.1) is 0 Å². The lowest BCUT2D eigenvalue weighted by molar-refractivity contribution is -0.888. The van der Waals surface area contributed by atoms with Crippen molar-refractivity contribution in [3.63, 3.8) is 0 Å². The quantitative estimate of drug-likeness (QED) is 0.343. The van der Waals surface area contributed by atoms with Crippen molar-refractivity contribution in [3.8, 4) is 0 Å². The maximum atomic E-state index is 8.60. The van der Waals surface area contributed by atoms with Gasteiger partial charge in [0.2, 0.25) is 0 Å². The van der Waals surface area contributed by atoms with E-state index in [9.17, 15) is 0 Å². The lowest BCUT2D eigenvalue weighted by atomic mass is 10.4. The van der Waals surface area contributed by atoms with Gasteiger partial charge in [0.05, 0.1) is 32.6 Å². The zero-order valence-corrected chi connectivity index (χ0v) is 10.2. The predicted molar refractivity (Wildman–Crippen MR) is 42.7 cm³/mol. The molecule has 0 spiro atoms. The van der Waals surface area contributed by atoms with Gasteiger partial charge in [0.25, 0.3) is 0 Å². The Labute approximate surface area is 88.3 Å². The molecule has 0 unspecified atom stereocenters. The third-order valence-corrected chi connectivity index (χ3v) is 1.75. The maximum Gasteiger partial charge on any atom is 0.102 e. The van der Waals surface area contributed by atoms with Crippen molar-refractivity contribution in [2.45, 2.75) is 0 Å². The number of aliphatic hydroxyl groups is 1. The number of hydrogen-bond acceptors (Lipinski definition) is 1. The predicted octanol–water partition coefficient (Wildman–Crippen LogP) is -2.55. The SMILES string of the molecule is C[N+](C)(CCO)CCBr.[I-]. The second-order valence-electron chi connectivity index (χ2n) is 2.80. The van der Waals surface area contributed by atoms with Crippen LogP contribution in [-0.2, 0) is 0 Å². The van der Waals surface area contributed by atoms with Gasteiger partial charge in [-0.25, -0.2) is 0 Å². The molecule has 0 saturated heterocycles. The molecule has 0 aromatic carbocycles. The van der Waals surface area contributed by atoms with Gasteiger partial charge < -0.3 is 33.6 Å². The molecule has 0 radical (unpaired) electrons. The van der Waals surface area contributed by atoms with E-state index in [1.165, 1.54) is 0 Å². The van der Waals surface area contributed by atoms with Crippen molar-refractivity contribution in [2.75, 3.05) is 39.1 Å². The summed E-state index contributed by atoms with van der Waals surface area (Å²) in [4.78, 5) is 0. The van der Waals surface area contributed by atoms with Crippen LogP contribution in [-0.4, -0.2) is 48.7 Å². The van der Waals surface area contributed by atoms with Crippen molar-refractivity contribution in [1.82, 2.24) is 0 Å². The number of nitrogens with zero attached hydrogens (tertiary/aromatic N) is 1. The van der Waals surface area contributed by atoms with E-state index in [1.54, 1.807) is 0 Å². The Balaban J connectivity index is 0. The summed E-state index contributed by atoms with van der Waals surface area (Å²) in [5.74, 6) is 0. The van der Waals surface area contributed by atoms with Gasteiger partial charge in [-0.2, -0.15) is 0 Å². The van der Waals surface area contributed by atoms with Crippen LogP contribution in [0.4, 0.5) is 0 Å². The molecule has 64 valence electrons. The summed E-state index contributed by atoms with van der Waals surface area (Å²) in [5.41, 5.74) is 0. The van der Waals surface area contributed by atoms with Crippen molar-refractivity contribution in [1.29, 1.82) is 0 Å². The van der Waals surface area contributed by atoms with Crippen LogP contribution in [0.5, 0.6) is 0 Å². The minimum Gasteiger partial charge on any atom is -1.00 e. The fourth-order valence-electron chi connectivity index (χ4n) is 0.611. The maximum absolute atomic E-state index is 8.60. The minimum absolute atomic E-state index is 0. The summed E-state index contributed by atoms with van der Waals surface area (Å²) in [6.45, 7) is 2.19. The Morgan fingerprint density at radius 2 is 1.80 bits per heavy atom. The van der Waals surface area contributed by atoms with E-state index < -0.39 is 0 Å². The van der Waals surface area contributed by atoms with E-state index in [4.69, 9.17) is 5.11 Å². The number of rotatable bonds is 4. The molecule has 0 saturated carbocycles. The Kier molecular flexibility index (Phi) is 9.34. The Hall–Kier alpha value is 1.13. The van der Waals surface area contributed by atoms with Crippen molar-refractivity contribution >= 4 is 15.9 Å². The monoisotopic (exact) mass is 323 g/mol. The zero-order chi connectivity index (χ0) is 7.33. The van der Waals surface area contributed by atoms with Gasteiger partial charge in [0.1, 0.15) is 6.54 Å². The first-order valence-electron chi connectivity index (χ1n) is 3.11. The Bertz CT molecular complexity index is 72.1. The molecule has 0 aliphatic carbocycles. The highest BCUT2D eigenvalue weighted by Crippen LogP contribution is 1.96. The largest absolute Gasteiger partial charge is 1.00 e. The van der Waals surface area contributed by atoms with Gasteiger partial charge in [0.15, 0.2) is 0 Å². The highest BCUT2D eigenvalue weighted by Gasteiger charge is 2.11. The van der Waals surface area contributed by atoms with Crippen LogP contribution >= 0.6 is 15.9 Å². The minimum atomic E-state index is 0. The van der Waals surface area contributed by atoms with Gasteiger partial charge in [-0.05, 0) is 0 Å². The lowest BCUT2D eigenvalue weighted by Gasteiger charge is -2.27. The van der Waals surface area contributed by atoms with E-state index >= 15 is 0 Å². The Morgan fingerprint density at radius 1 is 1.30 bits per heavy atom. The second kappa shape index (κ2) is 6.82. The molecule has 0 atom stereocenters. The first kappa shape index (κ1) is 13.7. The number of halogens is 2. The molecule has 0 aromatic heterocycles. The molecule has 4 heteroatoms. The van der Waals surface area contributed by atoms with Crippen molar-refractivity contribution in [2.24, 2.45) is 0 Å². The van der Waals surface area contributed by atoms with E-state index in [0.29, 0.717) is 0 Å². The summed E-state index contributed by atoms with van der Waals surface area (Å²) < 4.78 is 0.891. The second-order valence-corrected chi connectivity index (χ2v) is 3.59. The van der Waals surface area contributed by atoms with Crippen molar-refractivity contribution < 1.29 is 33.6 Å². The number of quaternary nitrogens is 1. The summed E-state index contributed by atoms with van der Waals surface area (Å²) in [5, 5.41) is 9.60. The third kappa shape index (κ3) is 7.24. The Morgan fingerprint density at radius 3 is 2.10 bits per heavy atom. The first-order valence-corrected chi connectivity index (χ1v) is 4.23. The molecular weight excluding hydrogens is 309 g/mol. The molecule has 0 rings (SSSR count). The molecular formula is C6H15BrINO. The highest BCUT2D eigenvalue weighted by atomic mass is 127. The van der Waals surface area contributed by atoms with E-state index in [0.717, 1.165) is 22.9 Å². The van der Waals surface area contributed by atoms with E-state index in [1.807, 2.05) is 0 Å². The summed E-state index contributed by atoms with van der Waals surface area (Å²) >= 11 is 3.36. The average Bonchev–Trinajstić information content (AvgIpc) is 1.64. The molecule has 2 nitrogen and oxygen atoms in total. The molecule has 0 bridgehead atoms. The molecule has 0 amide bonds. The number of alkyl halides is 1. The van der Waals surface area contributed by atoms with Crippen LogP contribution in [0.25, 0.3) is 0 Å². The van der Waals surface area contributed by atoms with Crippen LogP contribution < -0.4 is 24.0 Å². The normalized spacial score (nSPS) is 10.8. The van der Waals surface area contributed by atoms with Gasteiger partial charge in [-0.1, -0.05) is 15.9 Å². The standard InChI is InChI=1S/C6H15BrNO.HI/c1-8(2,4-3-7)5-6-9;/h9H,3-6H2,1-2H3;1H/q+1;/p-1. The van der Waals surface area contributed by atoms with E-state index in [-0.39, 0.29) is 30.6 Å². The fraction of sp³-hybridized carbons (Fsp3) is 1.00. The van der Waals surface area contributed by atoms with Crippen LogP contribution in [0.3, 0.4) is 0 Å². The average molecular weight is 324 g/mol. The molecule has 1 N–H and O–H groups in total. The topological polar surface area (TPSA) is 20.2 Å². The molecule has 0 aromatic rings. The summed E-state index contributed by atoms with van der Waals surface area (Å²) in [6.07, 6.45) is 0. The number of aliphatic hydroxyl groups excluding tert-OH is 1. The van der Waals surface area contributed by atoms with Crippen molar-refractivity contribution in [3.05, 3.63) is 0 Å². The summed E-state index contributed by atoms with van der Waals surface area (Å²) in [6, 6.07) is 0. The van der Waals surface area contributed by atoms with Crippen LogP contribution in [0.15, 0.2) is 0 Å². The number of hydrogen-bond donors (Lipinski definition) is 1. The van der Waals surface area contributed by atoms with Gasteiger partial charge in [-0.3, -0.25) is 0 Å².